The molecule has 0 fully saturated rings. The number of halogens is 1. The van der Waals surface area contributed by atoms with E-state index in [1.54, 1.807) is 49.6 Å². The van der Waals surface area contributed by atoms with Crippen molar-refractivity contribution >= 4 is 51.7 Å². The Balaban J connectivity index is 1.28. The SMILES string of the molecule is CCOC1OC(C(=O)Nc2ccc(N3C(=O)c4ccc(Cl)cc4C3=O)c(C)c2)=CC(c2coc3ccccc23)C1CCCO. The van der Waals surface area contributed by atoms with Crippen LogP contribution in [0.5, 0.6) is 0 Å². The third-order valence-electron chi connectivity index (χ3n) is 8.05. The number of nitrogens with one attached hydrogen (secondary N) is 1. The molecule has 2 aliphatic heterocycles. The third-order valence-corrected chi connectivity index (χ3v) is 8.28. The minimum absolute atomic E-state index is 0.0229. The van der Waals surface area contributed by atoms with Crippen LogP contribution in [0, 0.1) is 12.8 Å². The van der Waals surface area contributed by atoms with Gasteiger partial charge in [0, 0.05) is 46.7 Å². The molecule has 2 N–H and O–H groups in total. The Hall–Kier alpha value is -4.44. The molecule has 6 rings (SSSR count). The molecule has 0 radical (unpaired) electrons. The molecule has 0 saturated carbocycles. The van der Waals surface area contributed by atoms with Crippen LogP contribution in [0.4, 0.5) is 11.4 Å². The molecule has 0 aliphatic carbocycles. The van der Waals surface area contributed by atoms with E-state index in [0.717, 1.165) is 21.4 Å². The molecule has 3 atom stereocenters. The molecular weight excluding hydrogens is 584 g/mol. The number of aryl methyl sites for hydroxylation is 1. The highest BCUT2D eigenvalue weighted by atomic mass is 35.5. The summed E-state index contributed by atoms with van der Waals surface area (Å²) in [5, 5.41) is 13.8. The van der Waals surface area contributed by atoms with E-state index < -0.39 is 24.0 Å². The first-order valence-corrected chi connectivity index (χ1v) is 14.9. The van der Waals surface area contributed by atoms with Gasteiger partial charge in [0.15, 0.2) is 5.76 Å². The number of fused-ring (bicyclic) bond motifs is 2. The highest BCUT2D eigenvalue weighted by Crippen LogP contribution is 2.42. The van der Waals surface area contributed by atoms with Crippen molar-refractivity contribution in [2.45, 2.75) is 38.9 Å². The van der Waals surface area contributed by atoms with Crippen molar-refractivity contribution in [2.24, 2.45) is 5.92 Å². The molecule has 4 aromatic rings. The lowest BCUT2D eigenvalue weighted by molar-refractivity contribution is -0.164. The topological polar surface area (TPSA) is 118 Å². The van der Waals surface area contributed by atoms with Gasteiger partial charge in [-0.05, 0) is 80.8 Å². The average Bonchev–Trinajstić information content (AvgIpc) is 3.55. The zero-order valence-electron chi connectivity index (χ0n) is 24.2. The number of hydrogen-bond acceptors (Lipinski definition) is 7. The van der Waals surface area contributed by atoms with E-state index in [0.29, 0.717) is 47.0 Å². The summed E-state index contributed by atoms with van der Waals surface area (Å²) < 4.78 is 17.9. The number of ether oxygens (including phenoxy) is 2. The molecule has 9 nitrogen and oxygen atoms in total. The number of amides is 3. The van der Waals surface area contributed by atoms with Gasteiger partial charge in [0.1, 0.15) is 5.58 Å². The average molecular weight is 615 g/mol. The van der Waals surface area contributed by atoms with E-state index in [9.17, 15) is 19.5 Å². The van der Waals surface area contributed by atoms with Gasteiger partial charge in [-0.2, -0.15) is 0 Å². The first-order valence-electron chi connectivity index (χ1n) is 14.5. The normalized spacial score (nSPS) is 19.6. The number of imide groups is 1. The maximum Gasteiger partial charge on any atom is 0.290 e. The lowest BCUT2D eigenvalue weighted by Gasteiger charge is -2.36. The number of carbonyl (C=O) groups excluding carboxylic acids is 3. The van der Waals surface area contributed by atoms with Gasteiger partial charge < -0.3 is 24.3 Å². The maximum absolute atomic E-state index is 13.6. The summed E-state index contributed by atoms with van der Waals surface area (Å²) in [5.74, 6) is -1.71. The number of nitrogens with zero attached hydrogens (tertiary/aromatic N) is 1. The first-order chi connectivity index (χ1) is 21.3. The Morgan fingerprint density at radius 1 is 1.07 bits per heavy atom. The number of para-hydroxylation sites is 1. The minimum atomic E-state index is -0.720. The van der Waals surface area contributed by atoms with E-state index in [-0.39, 0.29) is 29.8 Å². The number of rotatable bonds is 9. The molecule has 0 saturated heterocycles. The van der Waals surface area contributed by atoms with Gasteiger partial charge in [0.25, 0.3) is 17.7 Å². The van der Waals surface area contributed by atoms with Gasteiger partial charge in [-0.25, -0.2) is 4.90 Å². The number of benzene rings is 3. The molecule has 2 aliphatic rings. The second kappa shape index (κ2) is 12.3. The molecule has 0 bridgehead atoms. The lowest BCUT2D eigenvalue weighted by Crippen LogP contribution is -2.37. The Morgan fingerprint density at radius 2 is 1.86 bits per heavy atom. The molecule has 44 heavy (non-hydrogen) atoms. The monoisotopic (exact) mass is 614 g/mol. The number of allylic oxidation sites excluding steroid dienone is 1. The molecule has 1 aromatic heterocycles. The summed E-state index contributed by atoms with van der Waals surface area (Å²) in [4.78, 5) is 40.9. The van der Waals surface area contributed by atoms with Gasteiger partial charge in [-0.1, -0.05) is 29.8 Å². The minimum Gasteiger partial charge on any atom is -0.464 e. The van der Waals surface area contributed by atoms with Crippen LogP contribution in [0.25, 0.3) is 11.0 Å². The van der Waals surface area contributed by atoms with E-state index in [2.05, 4.69) is 5.32 Å². The molecule has 3 aromatic carbocycles. The van der Waals surface area contributed by atoms with Gasteiger partial charge in [0.2, 0.25) is 6.29 Å². The van der Waals surface area contributed by atoms with Crippen molar-refractivity contribution in [3.05, 3.63) is 106 Å². The number of hydrogen-bond donors (Lipinski definition) is 2. The smallest absolute Gasteiger partial charge is 0.290 e. The summed E-state index contributed by atoms with van der Waals surface area (Å²) in [6.45, 7) is 4.02. The lowest BCUT2D eigenvalue weighted by atomic mass is 9.80. The van der Waals surface area contributed by atoms with Gasteiger partial charge in [-0.15, -0.1) is 0 Å². The van der Waals surface area contributed by atoms with Crippen LogP contribution in [-0.2, 0) is 14.3 Å². The van der Waals surface area contributed by atoms with Crippen LogP contribution >= 0.6 is 11.6 Å². The number of aliphatic hydroxyl groups excluding tert-OH is 1. The standard InChI is InChI=1S/C34H31ClN2O7/c1-3-42-34-24(8-6-14-38)25(27-18-43-29-9-5-4-7-22(27)29)17-30(44-34)31(39)36-21-11-13-28(19(2)15-21)37-32(40)23-12-10-20(35)16-26(23)33(37)41/h4-5,7,9-13,15-18,24-25,34,38H,3,6,8,14H2,1-2H3,(H,36,39). The summed E-state index contributed by atoms with van der Waals surface area (Å²) in [6, 6.07) is 17.3. The van der Waals surface area contributed by atoms with Crippen LogP contribution in [0.1, 0.15) is 57.5 Å². The quantitative estimate of drug-likeness (QED) is 0.204. The summed E-state index contributed by atoms with van der Waals surface area (Å²) in [5.41, 5.74) is 3.67. The Morgan fingerprint density at radius 3 is 2.64 bits per heavy atom. The molecule has 3 heterocycles. The second-order valence-corrected chi connectivity index (χ2v) is 11.2. The van der Waals surface area contributed by atoms with Crippen LogP contribution in [0.2, 0.25) is 5.02 Å². The number of aliphatic hydroxyl groups is 1. The third kappa shape index (κ3) is 5.38. The molecule has 3 amide bonds. The fourth-order valence-electron chi connectivity index (χ4n) is 5.99. The zero-order chi connectivity index (χ0) is 31.0. The van der Waals surface area contributed by atoms with Crippen molar-refractivity contribution in [2.75, 3.05) is 23.4 Å². The van der Waals surface area contributed by atoms with Crippen LogP contribution in [0.3, 0.4) is 0 Å². The highest BCUT2D eigenvalue weighted by molar-refractivity contribution is 6.37. The van der Waals surface area contributed by atoms with Crippen LogP contribution < -0.4 is 10.2 Å². The van der Waals surface area contributed by atoms with Crippen LogP contribution in [0.15, 0.2) is 83.2 Å². The van der Waals surface area contributed by atoms with Gasteiger partial charge in [-0.3, -0.25) is 14.4 Å². The molecule has 0 spiro atoms. The van der Waals surface area contributed by atoms with Crippen molar-refractivity contribution < 1.29 is 33.4 Å². The fraction of sp³-hybridized carbons (Fsp3) is 0.265. The Labute approximate surface area is 259 Å². The Bertz CT molecular complexity index is 1800. The number of anilines is 2. The van der Waals surface area contributed by atoms with Crippen molar-refractivity contribution in [3.63, 3.8) is 0 Å². The van der Waals surface area contributed by atoms with E-state index >= 15 is 0 Å². The van der Waals surface area contributed by atoms with E-state index in [1.807, 2.05) is 31.2 Å². The summed E-state index contributed by atoms with van der Waals surface area (Å²) >= 11 is 6.06. The van der Waals surface area contributed by atoms with Crippen molar-refractivity contribution in [1.82, 2.24) is 0 Å². The van der Waals surface area contributed by atoms with Crippen LogP contribution in [-0.4, -0.2) is 42.3 Å². The molecular formula is C34H31ClN2O7. The van der Waals surface area contributed by atoms with E-state index in [1.165, 1.54) is 6.07 Å². The molecule has 226 valence electrons. The fourth-order valence-corrected chi connectivity index (χ4v) is 6.16. The van der Waals surface area contributed by atoms with Gasteiger partial charge in [0.05, 0.1) is 23.1 Å². The molecule has 10 heteroatoms. The Kier molecular flexibility index (Phi) is 8.27. The summed E-state index contributed by atoms with van der Waals surface area (Å²) in [6.07, 6.45) is 3.93. The van der Waals surface area contributed by atoms with Gasteiger partial charge >= 0.3 is 0 Å². The predicted octanol–water partition coefficient (Wildman–Crippen LogP) is 6.58. The molecule has 3 unspecified atom stereocenters. The summed E-state index contributed by atoms with van der Waals surface area (Å²) in [7, 11) is 0. The predicted molar refractivity (Wildman–Crippen MR) is 166 cm³/mol. The second-order valence-electron chi connectivity index (χ2n) is 10.8. The van der Waals surface area contributed by atoms with Crippen molar-refractivity contribution in [1.29, 1.82) is 0 Å². The number of furan rings is 1. The number of carbonyl (C=O) groups is 3. The maximum atomic E-state index is 13.6. The largest absolute Gasteiger partial charge is 0.464 e. The van der Waals surface area contributed by atoms with E-state index in [4.69, 9.17) is 25.5 Å². The first kappa shape index (κ1) is 29.6. The zero-order valence-corrected chi connectivity index (χ0v) is 25.0. The van der Waals surface area contributed by atoms with Crippen molar-refractivity contribution in [3.8, 4) is 0 Å². The highest BCUT2D eigenvalue weighted by Gasteiger charge is 2.40.